The molecule has 2 rings (SSSR count). The third-order valence-electron chi connectivity index (χ3n) is 3.20. The predicted octanol–water partition coefficient (Wildman–Crippen LogP) is 3.28. The smallest absolute Gasteiger partial charge is 0.0834 e. The molecule has 4 nitrogen and oxygen atoms in total. The molecule has 2 aromatic rings. The van der Waals surface area contributed by atoms with E-state index in [9.17, 15) is 0 Å². The number of aromatic nitrogens is 2. The molecule has 21 heavy (non-hydrogen) atoms. The summed E-state index contributed by atoms with van der Waals surface area (Å²) in [5.41, 5.74) is 8.43. The quantitative estimate of drug-likeness (QED) is 0.794. The van der Waals surface area contributed by atoms with E-state index in [1.165, 1.54) is 10.5 Å². The lowest BCUT2D eigenvalue weighted by Gasteiger charge is -2.15. The predicted molar refractivity (Wildman–Crippen MR) is 87.9 cm³/mol. The van der Waals surface area contributed by atoms with Gasteiger partial charge in [0.05, 0.1) is 36.1 Å². The summed E-state index contributed by atoms with van der Waals surface area (Å²) in [7, 11) is 1.67. The Morgan fingerprint density at radius 1 is 1.43 bits per heavy atom. The zero-order chi connectivity index (χ0) is 15.2. The van der Waals surface area contributed by atoms with E-state index in [-0.39, 0.29) is 6.04 Å². The van der Waals surface area contributed by atoms with Gasteiger partial charge < -0.3 is 10.5 Å². The van der Waals surface area contributed by atoms with Gasteiger partial charge in [0.2, 0.25) is 0 Å². The lowest BCUT2D eigenvalue weighted by atomic mass is 10.2. The van der Waals surface area contributed by atoms with Crippen molar-refractivity contribution in [1.29, 1.82) is 0 Å². The SMILES string of the molecule is COCCn1ncc(Cl)c1C(N)CSc1ccccc1C. The second-order valence-corrected chi connectivity index (χ2v) is 6.25. The van der Waals surface area contributed by atoms with E-state index >= 15 is 0 Å². The van der Waals surface area contributed by atoms with Crippen LogP contribution < -0.4 is 5.73 Å². The summed E-state index contributed by atoms with van der Waals surface area (Å²) in [5.74, 6) is 0.753. The molecule has 0 saturated carbocycles. The molecule has 1 atom stereocenters. The number of methoxy groups -OCH3 is 1. The third-order valence-corrected chi connectivity index (χ3v) is 4.79. The van der Waals surface area contributed by atoms with Gasteiger partial charge in [-0.1, -0.05) is 29.8 Å². The van der Waals surface area contributed by atoms with Gasteiger partial charge in [-0.2, -0.15) is 5.10 Å². The molecular weight excluding hydrogens is 306 g/mol. The van der Waals surface area contributed by atoms with E-state index < -0.39 is 0 Å². The fourth-order valence-electron chi connectivity index (χ4n) is 2.07. The van der Waals surface area contributed by atoms with Crippen molar-refractivity contribution in [2.45, 2.75) is 24.4 Å². The average Bonchev–Trinajstić information content (AvgIpc) is 2.85. The third kappa shape index (κ3) is 4.23. The number of hydrogen-bond acceptors (Lipinski definition) is 4. The summed E-state index contributed by atoms with van der Waals surface area (Å²) < 4.78 is 6.91. The molecule has 0 saturated heterocycles. The first-order valence-electron chi connectivity index (χ1n) is 6.77. The molecule has 0 fully saturated rings. The molecule has 1 aromatic heterocycles. The minimum absolute atomic E-state index is 0.165. The van der Waals surface area contributed by atoms with Gasteiger partial charge in [0.1, 0.15) is 0 Å². The van der Waals surface area contributed by atoms with Crippen LogP contribution in [0.3, 0.4) is 0 Å². The highest BCUT2D eigenvalue weighted by atomic mass is 35.5. The number of ether oxygens (including phenoxy) is 1. The van der Waals surface area contributed by atoms with Crippen molar-refractivity contribution in [3.8, 4) is 0 Å². The first kappa shape index (κ1) is 16.4. The fourth-order valence-corrected chi connectivity index (χ4v) is 3.34. The highest BCUT2D eigenvalue weighted by molar-refractivity contribution is 7.99. The molecule has 0 bridgehead atoms. The lowest BCUT2D eigenvalue weighted by Crippen LogP contribution is -2.20. The maximum absolute atomic E-state index is 6.30. The van der Waals surface area contributed by atoms with Crippen LogP contribution in [0.1, 0.15) is 17.3 Å². The Labute approximate surface area is 134 Å². The van der Waals surface area contributed by atoms with Gasteiger partial charge >= 0.3 is 0 Å². The van der Waals surface area contributed by atoms with Crippen LogP contribution in [0.2, 0.25) is 5.02 Å². The number of thioether (sulfide) groups is 1. The van der Waals surface area contributed by atoms with Crippen molar-refractivity contribution in [1.82, 2.24) is 9.78 Å². The van der Waals surface area contributed by atoms with Gasteiger partial charge in [-0.25, -0.2) is 0 Å². The van der Waals surface area contributed by atoms with Crippen LogP contribution >= 0.6 is 23.4 Å². The summed E-state index contributed by atoms with van der Waals surface area (Å²) in [5, 5.41) is 4.88. The first-order valence-corrected chi connectivity index (χ1v) is 8.14. The van der Waals surface area contributed by atoms with Crippen molar-refractivity contribution in [3.63, 3.8) is 0 Å². The van der Waals surface area contributed by atoms with Crippen molar-refractivity contribution >= 4 is 23.4 Å². The minimum Gasteiger partial charge on any atom is -0.383 e. The second kappa shape index (κ2) is 7.84. The van der Waals surface area contributed by atoms with Gasteiger partial charge in [0, 0.05) is 17.8 Å². The topological polar surface area (TPSA) is 53.1 Å². The van der Waals surface area contributed by atoms with Crippen LogP contribution in [-0.4, -0.2) is 29.3 Å². The number of hydrogen-bond donors (Lipinski definition) is 1. The average molecular weight is 326 g/mol. The zero-order valence-corrected chi connectivity index (χ0v) is 13.8. The number of nitrogens with two attached hydrogens (primary N) is 1. The monoisotopic (exact) mass is 325 g/mol. The highest BCUT2D eigenvalue weighted by Gasteiger charge is 2.17. The second-order valence-electron chi connectivity index (χ2n) is 4.78. The van der Waals surface area contributed by atoms with E-state index in [0.717, 1.165) is 11.4 Å². The van der Waals surface area contributed by atoms with Crippen LogP contribution in [-0.2, 0) is 11.3 Å². The van der Waals surface area contributed by atoms with Crippen molar-refractivity contribution in [3.05, 3.63) is 46.7 Å². The zero-order valence-electron chi connectivity index (χ0n) is 12.3. The maximum atomic E-state index is 6.30. The Kier molecular flexibility index (Phi) is 6.11. The Balaban J connectivity index is 2.05. The molecule has 0 spiro atoms. The van der Waals surface area contributed by atoms with Gasteiger partial charge in [0.15, 0.2) is 0 Å². The fraction of sp³-hybridized carbons (Fsp3) is 0.400. The molecule has 0 radical (unpaired) electrons. The van der Waals surface area contributed by atoms with Crippen molar-refractivity contribution < 1.29 is 4.74 Å². The molecule has 114 valence electrons. The van der Waals surface area contributed by atoms with Crippen LogP contribution in [0.15, 0.2) is 35.4 Å². The number of rotatable bonds is 7. The molecule has 0 amide bonds. The summed E-state index contributed by atoms with van der Waals surface area (Å²) in [4.78, 5) is 1.24. The molecule has 0 aliphatic heterocycles. The van der Waals surface area contributed by atoms with Gasteiger partial charge in [0.25, 0.3) is 0 Å². The Bertz CT molecular complexity index is 588. The van der Waals surface area contributed by atoms with E-state index in [2.05, 4.69) is 24.2 Å². The first-order chi connectivity index (χ1) is 10.1. The largest absolute Gasteiger partial charge is 0.383 e. The molecule has 1 aromatic carbocycles. The van der Waals surface area contributed by atoms with Gasteiger partial charge in [-0.05, 0) is 18.6 Å². The van der Waals surface area contributed by atoms with E-state index in [0.29, 0.717) is 18.2 Å². The lowest BCUT2D eigenvalue weighted by molar-refractivity contribution is 0.182. The normalized spacial score (nSPS) is 12.6. The molecular formula is C15H20ClN3OS. The summed E-state index contributed by atoms with van der Waals surface area (Å²) >= 11 is 7.96. The Morgan fingerprint density at radius 3 is 2.90 bits per heavy atom. The molecule has 1 unspecified atom stereocenters. The standard InChI is InChI=1S/C15H20ClN3OS/c1-11-5-3-4-6-14(11)21-10-13(17)15-12(16)9-18-19(15)7-8-20-2/h3-6,9,13H,7-8,10,17H2,1-2H3. The summed E-state index contributed by atoms with van der Waals surface area (Å²) in [6.45, 7) is 3.34. The molecule has 2 N–H and O–H groups in total. The van der Waals surface area contributed by atoms with Crippen LogP contribution in [0.4, 0.5) is 0 Å². The van der Waals surface area contributed by atoms with Crippen LogP contribution in [0.25, 0.3) is 0 Å². The summed E-state index contributed by atoms with van der Waals surface area (Å²) in [6, 6.07) is 8.12. The van der Waals surface area contributed by atoms with Crippen molar-refractivity contribution in [2.24, 2.45) is 5.73 Å². The number of aryl methyl sites for hydroxylation is 1. The summed E-state index contributed by atoms with van der Waals surface area (Å²) in [6.07, 6.45) is 1.64. The number of halogens is 1. The molecule has 0 aliphatic rings. The maximum Gasteiger partial charge on any atom is 0.0834 e. The van der Waals surface area contributed by atoms with Gasteiger partial charge in [-0.15, -0.1) is 11.8 Å². The number of nitrogens with zero attached hydrogens (tertiary/aromatic N) is 2. The Morgan fingerprint density at radius 2 is 2.19 bits per heavy atom. The molecule has 1 heterocycles. The van der Waals surface area contributed by atoms with Crippen LogP contribution in [0.5, 0.6) is 0 Å². The Hall–Kier alpha value is -1.01. The van der Waals surface area contributed by atoms with Gasteiger partial charge in [-0.3, -0.25) is 4.68 Å². The number of benzene rings is 1. The highest BCUT2D eigenvalue weighted by Crippen LogP contribution is 2.28. The van der Waals surface area contributed by atoms with Crippen molar-refractivity contribution in [2.75, 3.05) is 19.5 Å². The minimum atomic E-state index is -0.165. The van der Waals surface area contributed by atoms with E-state index in [1.807, 2.05) is 16.8 Å². The van der Waals surface area contributed by atoms with E-state index in [1.54, 1.807) is 25.1 Å². The molecule has 0 aliphatic carbocycles. The van der Waals surface area contributed by atoms with Crippen LogP contribution in [0, 0.1) is 6.92 Å². The molecule has 6 heteroatoms. The van der Waals surface area contributed by atoms with E-state index in [4.69, 9.17) is 22.1 Å².